The number of halogens is 1. The van der Waals surface area contributed by atoms with Crippen molar-refractivity contribution in [3.05, 3.63) is 20.8 Å². The third kappa shape index (κ3) is 2.29. The summed E-state index contributed by atoms with van der Waals surface area (Å²) in [6.45, 7) is 4.88. The lowest BCUT2D eigenvalue weighted by atomic mass is 9.43. The number of amides is 1. The van der Waals surface area contributed by atoms with Crippen molar-refractivity contribution >= 4 is 33.2 Å². The fraction of sp³-hybridized carbons (Fsp3) is 0.706. The number of rotatable bonds is 2. The number of nitrogens with one attached hydrogen (secondary N) is 1. The van der Waals surface area contributed by atoms with Gasteiger partial charge in [0, 0.05) is 10.0 Å². The molecule has 1 amide bonds. The molecule has 4 aliphatic carbocycles. The summed E-state index contributed by atoms with van der Waals surface area (Å²) < 4.78 is 0.923. The first-order chi connectivity index (χ1) is 9.81. The van der Waals surface area contributed by atoms with Gasteiger partial charge in [-0.15, -0.1) is 11.3 Å². The molecule has 0 spiro atoms. The van der Waals surface area contributed by atoms with Gasteiger partial charge in [0.1, 0.15) is 4.88 Å². The second kappa shape index (κ2) is 4.35. The van der Waals surface area contributed by atoms with Crippen molar-refractivity contribution in [2.75, 3.05) is 0 Å². The predicted octanol–water partition coefficient (Wildman–Crippen LogP) is 4.99. The molecule has 4 aliphatic rings. The second-order valence-corrected chi connectivity index (χ2v) is 10.2. The summed E-state index contributed by atoms with van der Waals surface area (Å²) >= 11 is 5.01. The van der Waals surface area contributed by atoms with Crippen LogP contribution in [0.1, 0.15) is 62.0 Å². The topological polar surface area (TPSA) is 29.1 Å². The van der Waals surface area contributed by atoms with Gasteiger partial charge in [0.15, 0.2) is 0 Å². The molecule has 1 heterocycles. The van der Waals surface area contributed by atoms with Gasteiger partial charge >= 0.3 is 0 Å². The van der Waals surface area contributed by atoms with Gasteiger partial charge in [0.05, 0.1) is 0 Å². The van der Waals surface area contributed by atoms with Crippen LogP contribution in [-0.4, -0.2) is 11.4 Å². The third-order valence-electron chi connectivity index (χ3n) is 5.83. The van der Waals surface area contributed by atoms with E-state index in [0.29, 0.717) is 10.8 Å². The maximum Gasteiger partial charge on any atom is 0.262 e. The Morgan fingerprint density at radius 3 is 2.43 bits per heavy atom. The Hall–Kier alpha value is -0.350. The Kier molecular flexibility index (Phi) is 2.95. The first-order valence-electron chi connectivity index (χ1n) is 7.86. The van der Waals surface area contributed by atoms with Crippen molar-refractivity contribution in [2.45, 2.75) is 57.9 Å². The van der Waals surface area contributed by atoms with Crippen molar-refractivity contribution in [3.63, 3.8) is 0 Å². The molecule has 114 valence electrons. The van der Waals surface area contributed by atoms with E-state index < -0.39 is 0 Å². The zero-order valence-electron chi connectivity index (χ0n) is 12.7. The minimum absolute atomic E-state index is 0.0451. The predicted molar refractivity (Wildman–Crippen MR) is 89.6 cm³/mol. The van der Waals surface area contributed by atoms with Gasteiger partial charge in [-0.05, 0) is 82.6 Å². The van der Waals surface area contributed by atoms with Crippen molar-refractivity contribution in [3.8, 4) is 0 Å². The summed E-state index contributed by atoms with van der Waals surface area (Å²) in [6, 6.07) is 1.96. The molecule has 0 aromatic carbocycles. The monoisotopic (exact) mass is 367 g/mol. The van der Waals surface area contributed by atoms with E-state index >= 15 is 0 Å². The Balaban J connectivity index is 1.63. The zero-order valence-corrected chi connectivity index (χ0v) is 15.1. The van der Waals surface area contributed by atoms with Gasteiger partial charge in [-0.1, -0.05) is 13.8 Å². The summed E-state index contributed by atoms with van der Waals surface area (Å²) in [6.07, 6.45) is 7.59. The average molecular weight is 368 g/mol. The lowest BCUT2D eigenvalue weighted by molar-refractivity contribution is -0.114. The Labute approximate surface area is 138 Å². The van der Waals surface area contributed by atoms with Crippen LogP contribution in [0.3, 0.4) is 0 Å². The lowest BCUT2D eigenvalue weighted by Gasteiger charge is -2.65. The maximum absolute atomic E-state index is 12.7. The van der Waals surface area contributed by atoms with E-state index in [1.165, 1.54) is 49.9 Å². The molecule has 2 atom stereocenters. The van der Waals surface area contributed by atoms with Crippen LogP contribution in [0, 0.1) is 16.7 Å². The molecule has 0 saturated heterocycles. The fourth-order valence-corrected chi connectivity index (χ4v) is 7.79. The van der Waals surface area contributed by atoms with Crippen molar-refractivity contribution in [2.24, 2.45) is 16.7 Å². The Bertz CT molecular complexity index is 592. The van der Waals surface area contributed by atoms with Crippen LogP contribution in [0.5, 0.6) is 0 Å². The first kappa shape index (κ1) is 14.3. The molecule has 0 radical (unpaired) electrons. The van der Waals surface area contributed by atoms with Gasteiger partial charge in [0.25, 0.3) is 5.91 Å². The molecule has 4 bridgehead atoms. The molecule has 4 fully saturated rings. The molecule has 1 aromatic rings. The van der Waals surface area contributed by atoms with E-state index in [9.17, 15) is 4.79 Å². The number of carbonyl (C=O) groups is 1. The van der Waals surface area contributed by atoms with Gasteiger partial charge in [-0.25, -0.2) is 0 Å². The molecule has 2 nitrogen and oxygen atoms in total. The van der Waals surface area contributed by atoms with Gasteiger partial charge < -0.3 is 5.32 Å². The van der Waals surface area contributed by atoms with Gasteiger partial charge in [-0.2, -0.15) is 0 Å². The zero-order chi connectivity index (χ0) is 14.9. The highest BCUT2D eigenvalue weighted by atomic mass is 79.9. The molecular formula is C17H22BrNOS. The highest BCUT2D eigenvalue weighted by Gasteiger charge is 2.60. The molecule has 0 aliphatic heterocycles. The Morgan fingerprint density at radius 1 is 1.24 bits per heavy atom. The van der Waals surface area contributed by atoms with Crippen LogP contribution in [0.2, 0.25) is 0 Å². The number of thiophene rings is 1. The van der Waals surface area contributed by atoms with Crippen LogP contribution in [0.15, 0.2) is 15.9 Å². The molecular weight excluding hydrogens is 346 g/mol. The van der Waals surface area contributed by atoms with Gasteiger partial charge in [-0.3, -0.25) is 4.79 Å². The minimum atomic E-state index is 0.0451. The van der Waals surface area contributed by atoms with E-state index in [1.807, 2.05) is 11.4 Å². The van der Waals surface area contributed by atoms with Crippen molar-refractivity contribution in [1.29, 1.82) is 0 Å². The van der Waals surface area contributed by atoms with E-state index in [2.05, 4.69) is 35.1 Å². The molecule has 2 unspecified atom stereocenters. The lowest BCUT2D eigenvalue weighted by Crippen LogP contribution is -2.65. The van der Waals surface area contributed by atoms with E-state index in [4.69, 9.17) is 0 Å². The van der Waals surface area contributed by atoms with Crippen LogP contribution >= 0.6 is 27.3 Å². The summed E-state index contributed by atoms with van der Waals surface area (Å²) in [4.78, 5) is 13.5. The van der Waals surface area contributed by atoms with Gasteiger partial charge in [0.2, 0.25) is 0 Å². The maximum atomic E-state index is 12.7. The molecule has 1 aromatic heterocycles. The van der Waals surface area contributed by atoms with E-state index in [0.717, 1.165) is 15.3 Å². The largest absolute Gasteiger partial charge is 0.346 e. The molecule has 4 saturated carbocycles. The second-order valence-electron chi connectivity index (χ2n) is 8.46. The Morgan fingerprint density at radius 2 is 1.90 bits per heavy atom. The molecule has 4 heteroatoms. The first-order valence-corrected chi connectivity index (χ1v) is 9.53. The quantitative estimate of drug-likeness (QED) is 0.783. The number of carbonyl (C=O) groups excluding carboxylic acids is 1. The molecule has 21 heavy (non-hydrogen) atoms. The van der Waals surface area contributed by atoms with Crippen LogP contribution < -0.4 is 5.32 Å². The van der Waals surface area contributed by atoms with Crippen LogP contribution in [-0.2, 0) is 0 Å². The summed E-state index contributed by atoms with van der Waals surface area (Å²) in [5.74, 6) is 0.925. The molecule has 5 rings (SSSR count). The van der Waals surface area contributed by atoms with E-state index in [1.54, 1.807) is 0 Å². The normalized spacial score (nSPS) is 44.0. The number of hydrogen-bond acceptors (Lipinski definition) is 2. The standard InChI is InChI=1S/C17H22BrNOS/c1-15-5-11-6-16(2,8-15)10-17(7-11,9-15)19-14(20)13-12(18)3-4-21-13/h3-4,11H,5-10H2,1-2H3,(H,19,20). The summed E-state index contributed by atoms with van der Waals surface area (Å²) in [5.41, 5.74) is 0.922. The highest BCUT2D eigenvalue weighted by Crippen LogP contribution is 2.66. The van der Waals surface area contributed by atoms with Crippen molar-refractivity contribution < 1.29 is 4.79 Å². The average Bonchev–Trinajstić information content (AvgIpc) is 2.69. The highest BCUT2D eigenvalue weighted by molar-refractivity contribution is 9.10. The fourth-order valence-electron chi connectivity index (χ4n) is 6.34. The van der Waals surface area contributed by atoms with Crippen LogP contribution in [0.25, 0.3) is 0 Å². The SMILES string of the molecule is CC12CC3CC(C)(C1)CC(NC(=O)c1sccc1Br)(C3)C2. The van der Waals surface area contributed by atoms with E-state index in [-0.39, 0.29) is 11.4 Å². The van der Waals surface area contributed by atoms with Crippen molar-refractivity contribution in [1.82, 2.24) is 5.32 Å². The smallest absolute Gasteiger partial charge is 0.262 e. The molecule has 1 N–H and O–H groups in total. The third-order valence-corrected chi connectivity index (χ3v) is 7.66. The summed E-state index contributed by atoms with van der Waals surface area (Å²) in [5, 5.41) is 5.43. The minimum Gasteiger partial charge on any atom is -0.346 e. The number of hydrogen-bond donors (Lipinski definition) is 1. The van der Waals surface area contributed by atoms with Crippen LogP contribution in [0.4, 0.5) is 0 Å². The summed E-state index contributed by atoms with van der Waals surface area (Å²) in [7, 11) is 0.